The van der Waals surface area contributed by atoms with Gasteiger partial charge in [0.2, 0.25) is 0 Å². The van der Waals surface area contributed by atoms with Crippen LogP contribution in [0.5, 0.6) is 0 Å². The Labute approximate surface area is 65.8 Å². The monoisotopic (exact) mass is 138 g/mol. The summed E-state index contributed by atoms with van der Waals surface area (Å²) >= 11 is 3.83. The van der Waals surface area contributed by atoms with Crippen LogP contribution >= 0.6 is 7.15 Å². The Balaban J connectivity index is 0. The van der Waals surface area contributed by atoms with Crippen LogP contribution in [0.25, 0.3) is 0 Å². The van der Waals surface area contributed by atoms with Gasteiger partial charge in [-0.3, -0.25) is 0 Å². The molecule has 0 aliphatic carbocycles. The molecule has 0 atom stereocenters. The van der Waals surface area contributed by atoms with Crippen molar-refractivity contribution in [3.63, 3.8) is 0 Å². The van der Waals surface area contributed by atoms with Crippen molar-refractivity contribution in [1.82, 2.24) is 0 Å². The fourth-order valence-corrected chi connectivity index (χ4v) is 0. The molecule has 0 heterocycles. The predicted octanol–water partition coefficient (Wildman–Crippen LogP) is -0.904. The molecule has 0 bridgehead atoms. The van der Waals surface area contributed by atoms with E-state index in [1.54, 1.807) is 0 Å². The normalized spacial score (nSPS) is 7.00. The largest absolute Gasteiger partial charge is 0.347 e. The minimum atomic E-state index is -2.30. The maximum absolute atomic E-state index is 7.53. The molecule has 0 spiro atoms. The molecule has 0 aromatic rings. The first-order chi connectivity index (χ1) is 1.73. The maximum atomic E-state index is 7.53. The second kappa shape index (κ2) is 5.83. The fraction of sp³-hybridized carbons (Fsp3) is 0. The molecule has 2 nitrogen and oxygen atoms in total. The number of hydrogen-bond donors (Lipinski definition) is 2. The van der Waals surface area contributed by atoms with Crippen LogP contribution in [0, 0.1) is 0 Å². The van der Waals surface area contributed by atoms with Gasteiger partial charge >= 0.3 is 0 Å². The minimum absolute atomic E-state index is 0. The van der Waals surface area contributed by atoms with Gasteiger partial charge in [-0.2, -0.15) is 0 Å². The fourth-order valence-electron chi connectivity index (χ4n) is 0. The quantitative estimate of drug-likeness (QED) is 0.336. The second-order valence-corrected chi connectivity index (χ2v) is 1.94. The van der Waals surface area contributed by atoms with Crippen molar-refractivity contribution in [1.29, 1.82) is 0 Å². The van der Waals surface area contributed by atoms with Gasteiger partial charge in [-0.25, -0.2) is 0 Å². The molecule has 5 heavy (non-hydrogen) atoms. The molecule has 0 aromatic carbocycles. The average molecular weight is 138 g/mol. The third kappa shape index (κ3) is 25.5. The van der Waals surface area contributed by atoms with Crippen LogP contribution in [-0.2, 0) is 11.8 Å². The summed E-state index contributed by atoms with van der Waals surface area (Å²) in [5, 5.41) is 0. The van der Waals surface area contributed by atoms with Gasteiger partial charge in [-0.15, -0.1) is 0 Å². The molecule has 2 radical (unpaired) electrons. The Hall–Kier alpha value is 1.83. The van der Waals surface area contributed by atoms with Gasteiger partial charge in [-0.1, -0.05) is 0 Å². The van der Waals surface area contributed by atoms with Crippen molar-refractivity contribution in [2.75, 3.05) is 0 Å². The van der Waals surface area contributed by atoms with E-state index in [-0.39, 0.29) is 37.7 Å². The number of rotatable bonds is 0. The SMILES string of the molecule is O[PH](O)=S.[Ca]. The van der Waals surface area contributed by atoms with Gasteiger partial charge in [0, 0.05) is 37.7 Å². The van der Waals surface area contributed by atoms with E-state index < -0.39 is 7.15 Å². The molecule has 5 heteroatoms. The van der Waals surface area contributed by atoms with Crippen molar-refractivity contribution in [3.8, 4) is 0 Å². The standard InChI is InChI=1S/Ca.H3O2PS/c;1-3(2)4/h;3H,(H2,1,2,4). The van der Waals surface area contributed by atoms with E-state index in [2.05, 4.69) is 11.8 Å². The topological polar surface area (TPSA) is 40.5 Å². The summed E-state index contributed by atoms with van der Waals surface area (Å²) in [5.74, 6) is 0. The molecule has 0 amide bonds. The first kappa shape index (κ1) is 9.95. The van der Waals surface area contributed by atoms with E-state index in [4.69, 9.17) is 9.79 Å². The van der Waals surface area contributed by atoms with Gasteiger partial charge in [0.05, 0.1) is 0 Å². The summed E-state index contributed by atoms with van der Waals surface area (Å²) in [5.41, 5.74) is 0. The van der Waals surface area contributed by atoms with Crippen molar-refractivity contribution in [2.45, 2.75) is 0 Å². The van der Waals surface area contributed by atoms with Gasteiger partial charge in [0.15, 0.2) is 7.15 Å². The summed E-state index contributed by atoms with van der Waals surface area (Å²) in [6.45, 7) is 0. The molecule has 0 aliphatic heterocycles. The van der Waals surface area contributed by atoms with Gasteiger partial charge in [0.1, 0.15) is 0 Å². The van der Waals surface area contributed by atoms with Crippen LogP contribution < -0.4 is 0 Å². The molecule has 0 saturated carbocycles. The van der Waals surface area contributed by atoms with E-state index in [0.29, 0.717) is 0 Å². The minimum Gasteiger partial charge on any atom is -0.347 e. The molecule has 2 N–H and O–H groups in total. The molecule has 0 aliphatic rings. The van der Waals surface area contributed by atoms with Crippen molar-refractivity contribution in [2.24, 2.45) is 0 Å². The van der Waals surface area contributed by atoms with Gasteiger partial charge in [-0.05, 0) is 11.8 Å². The summed E-state index contributed by atoms with van der Waals surface area (Å²) in [7, 11) is -2.30. The third-order valence-electron chi connectivity index (χ3n) is 0. The average Bonchev–Trinajstić information content (AvgIpc) is 0.811. The molecule has 0 saturated heterocycles. The van der Waals surface area contributed by atoms with Crippen LogP contribution in [-0.4, -0.2) is 47.5 Å². The zero-order valence-electron chi connectivity index (χ0n) is 2.51. The first-order valence-electron chi connectivity index (χ1n) is 0.651. The third-order valence-corrected chi connectivity index (χ3v) is 0. The van der Waals surface area contributed by atoms with Crippen molar-refractivity contribution in [3.05, 3.63) is 0 Å². The molecule has 0 unspecified atom stereocenters. The number of hydrogen-bond acceptors (Lipinski definition) is 1. The zero-order valence-corrected chi connectivity index (χ0v) is 6.53. The Morgan fingerprint density at radius 1 is 1.40 bits per heavy atom. The molecule has 0 aromatic heterocycles. The summed E-state index contributed by atoms with van der Waals surface area (Å²) < 4.78 is 0. The van der Waals surface area contributed by atoms with Crippen LogP contribution in [0.2, 0.25) is 0 Å². The maximum Gasteiger partial charge on any atom is 0.170 e. The van der Waals surface area contributed by atoms with Gasteiger partial charge in [0.25, 0.3) is 0 Å². The van der Waals surface area contributed by atoms with Crippen LogP contribution in [0.15, 0.2) is 0 Å². The predicted molar refractivity (Wildman–Crippen MR) is 25.9 cm³/mol. The van der Waals surface area contributed by atoms with Crippen LogP contribution in [0.1, 0.15) is 0 Å². The Bertz CT molecular complexity index is 32.6. The summed E-state index contributed by atoms with van der Waals surface area (Å²) in [6.07, 6.45) is 0. The van der Waals surface area contributed by atoms with Crippen LogP contribution in [0.3, 0.4) is 0 Å². The van der Waals surface area contributed by atoms with E-state index >= 15 is 0 Å². The smallest absolute Gasteiger partial charge is 0.170 e. The van der Waals surface area contributed by atoms with Crippen molar-refractivity contribution < 1.29 is 9.79 Å². The van der Waals surface area contributed by atoms with E-state index in [9.17, 15) is 0 Å². The first-order valence-corrected chi connectivity index (χ1v) is 3.18. The molecule has 28 valence electrons. The molecule has 0 rings (SSSR count). The van der Waals surface area contributed by atoms with E-state index in [0.717, 1.165) is 0 Å². The zero-order chi connectivity index (χ0) is 3.58. The Morgan fingerprint density at radius 2 is 1.40 bits per heavy atom. The summed E-state index contributed by atoms with van der Waals surface area (Å²) in [4.78, 5) is 15.1. The molecular weight excluding hydrogens is 135 g/mol. The van der Waals surface area contributed by atoms with Gasteiger partial charge < -0.3 is 9.79 Å². The second-order valence-electron chi connectivity index (χ2n) is 0.283. The van der Waals surface area contributed by atoms with E-state index in [1.165, 1.54) is 0 Å². The molecular formula is H3CaO2PS. The Morgan fingerprint density at radius 3 is 1.40 bits per heavy atom. The van der Waals surface area contributed by atoms with Crippen LogP contribution in [0.4, 0.5) is 0 Å². The molecule has 0 fully saturated rings. The Kier molecular flexibility index (Phi) is 11.6. The summed E-state index contributed by atoms with van der Waals surface area (Å²) in [6, 6.07) is 0. The van der Waals surface area contributed by atoms with Crippen molar-refractivity contribution >= 4 is 56.7 Å². The van der Waals surface area contributed by atoms with E-state index in [1.807, 2.05) is 0 Å².